The Morgan fingerprint density at radius 2 is 1.82 bits per heavy atom. The van der Waals surface area contributed by atoms with E-state index in [0.717, 1.165) is 5.69 Å². The van der Waals surface area contributed by atoms with Crippen molar-refractivity contribution in [1.82, 2.24) is 9.97 Å². The van der Waals surface area contributed by atoms with Crippen molar-refractivity contribution in [1.29, 1.82) is 0 Å². The molecule has 0 bridgehead atoms. The SMILES string of the molecule is COc1ccc2nc(N3C(=O)C(=O)/C(=C(/O)c4ccc5c(c4)OCO5)C3c3ccc(N(C)C)cc3)[nH]c2c1. The number of rotatable bonds is 5. The molecule has 0 saturated carbocycles. The second-order valence-corrected chi connectivity index (χ2v) is 9.17. The van der Waals surface area contributed by atoms with Gasteiger partial charge in [0.25, 0.3) is 5.78 Å². The van der Waals surface area contributed by atoms with Crippen LogP contribution in [0, 0.1) is 0 Å². The molecule has 2 aliphatic rings. The molecule has 6 rings (SSSR count). The molecule has 4 aromatic rings. The van der Waals surface area contributed by atoms with Crippen LogP contribution in [0.4, 0.5) is 11.6 Å². The number of aromatic amines is 1. The van der Waals surface area contributed by atoms with E-state index in [1.165, 1.54) is 4.90 Å². The van der Waals surface area contributed by atoms with Gasteiger partial charge in [0.1, 0.15) is 11.5 Å². The summed E-state index contributed by atoms with van der Waals surface area (Å²) in [5.41, 5.74) is 3.09. The number of anilines is 2. The minimum absolute atomic E-state index is 0.0514. The second kappa shape index (κ2) is 8.84. The van der Waals surface area contributed by atoms with Crippen LogP contribution < -0.4 is 24.0 Å². The first kappa shape index (κ1) is 23.4. The molecule has 1 fully saturated rings. The number of imidazole rings is 1. The van der Waals surface area contributed by atoms with Crippen LogP contribution in [0.3, 0.4) is 0 Å². The summed E-state index contributed by atoms with van der Waals surface area (Å²) in [5, 5.41) is 11.4. The van der Waals surface area contributed by atoms with E-state index < -0.39 is 17.7 Å². The molecule has 1 amide bonds. The molecule has 1 atom stereocenters. The van der Waals surface area contributed by atoms with E-state index in [9.17, 15) is 14.7 Å². The second-order valence-electron chi connectivity index (χ2n) is 9.17. The average molecular weight is 513 g/mol. The van der Waals surface area contributed by atoms with Gasteiger partial charge in [-0.3, -0.25) is 14.5 Å². The Morgan fingerprint density at radius 1 is 1.05 bits per heavy atom. The van der Waals surface area contributed by atoms with Gasteiger partial charge in [-0.15, -0.1) is 0 Å². The van der Waals surface area contributed by atoms with Crippen molar-refractivity contribution in [2.45, 2.75) is 6.04 Å². The highest BCUT2D eigenvalue weighted by molar-refractivity contribution is 6.51. The van der Waals surface area contributed by atoms with Gasteiger partial charge in [0.2, 0.25) is 12.7 Å². The zero-order valence-corrected chi connectivity index (χ0v) is 20.9. The zero-order chi connectivity index (χ0) is 26.6. The van der Waals surface area contributed by atoms with Crippen LogP contribution >= 0.6 is 0 Å². The number of ketones is 1. The fraction of sp³-hybridized carbons (Fsp3) is 0.179. The molecule has 1 aromatic heterocycles. The summed E-state index contributed by atoms with van der Waals surface area (Å²) >= 11 is 0. The summed E-state index contributed by atoms with van der Waals surface area (Å²) in [4.78, 5) is 37.9. The van der Waals surface area contributed by atoms with E-state index in [1.807, 2.05) is 43.3 Å². The van der Waals surface area contributed by atoms with Crippen molar-refractivity contribution in [2.75, 3.05) is 37.8 Å². The van der Waals surface area contributed by atoms with Crippen LogP contribution in [0.2, 0.25) is 0 Å². The standard InChI is InChI=1S/C28H24N4O6/c1-31(2)17-7-4-15(5-8-17)24-23(25(33)16-6-11-21-22(12-16)38-14-37-21)26(34)27(35)32(24)28-29-19-10-9-18(36-3)13-20(19)30-28/h4-13,24,33H,14H2,1-3H3,(H,29,30)/b25-23+. The van der Waals surface area contributed by atoms with E-state index in [1.54, 1.807) is 43.5 Å². The van der Waals surface area contributed by atoms with Gasteiger partial charge in [-0.05, 0) is 48.0 Å². The molecule has 3 aromatic carbocycles. The summed E-state index contributed by atoms with van der Waals surface area (Å²) in [5.74, 6) is -0.157. The van der Waals surface area contributed by atoms with Crippen LogP contribution in [0.1, 0.15) is 17.2 Å². The molecule has 2 N–H and O–H groups in total. The van der Waals surface area contributed by atoms with Crippen molar-refractivity contribution in [3.8, 4) is 17.2 Å². The van der Waals surface area contributed by atoms with E-state index in [4.69, 9.17) is 14.2 Å². The van der Waals surface area contributed by atoms with Crippen molar-refractivity contribution in [3.05, 3.63) is 77.4 Å². The third-order valence-electron chi connectivity index (χ3n) is 6.72. The lowest BCUT2D eigenvalue weighted by Crippen LogP contribution is -2.30. The first-order chi connectivity index (χ1) is 18.4. The minimum Gasteiger partial charge on any atom is -0.507 e. The maximum absolute atomic E-state index is 13.5. The average Bonchev–Trinajstić information content (AvgIpc) is 3.63. The first-order valence-corrected chi connectivity index (χ1v) is 11.9. The number of hydrogen-bond acceptors (Lipinski definition) is 8. The summed E-state index contributed by atoms with van der Waals surface area (Å²) in [6, 6.07) is 16.7. The minimum atomic E-state index is -0.931. The molecule has 3 heterocycles. The molecule has 192 valence electrons. The maximum atomic E-state index is 13.5. The number of methoxy groups -OCH3 is 1. The molecule has 2 aliphatic heterocycles. The van der Waals surface area contributed by atoms with E-state index in [2.05, 4.69) is 9.97 Å². The zero-order valence-electron chi connectivity index (χ0n) is 20.9. The van der Waals surface area contributed by atoms with Crippen LogP contribution in [0.5, 0.6) is 17.2 Å². The van der Waals surface area contributed by atoms with Gasteiger partial charge in [-0.2, -0.15) is 0 Å². The predicted molar refractivity (Wildman–Crippen MR) is 141 cm³/mol. The van der Waals surface area contributed by atoms with Crippen molar-refractivity contribution in [2.24, 2.45) is 0 Å². The topological polar surface area (TPSA) is 117 Å². The smallest absolute Gasteiger partial charge is 0.302 e. The number of aliphatic hydroxyl groups is 1. The summed E-state index contributed by atoms with van der Waals surface area (Å²) in [6.45, 7) is 0.0685. The van der Waals surface area contributed by atoms with E-state index in [0.29, 0.717) is 39.4 Å². The Hall–Kier alpha value is -4.99. The predicted octanol–water partition coefficient (Wildman–Crippen LogP) is 3.99. The van der Waals surface area contributed by atoms with Crippen molar-refractivity contribution < 1.29 is 28.9 Å². The number of aliphatic hydroxyl groups excluding tert-OH is 1. The highest BCUT2D eigenvalue weighted by Gasteiger charge is 2.48. The Balaban J connectivity index is 1.53. The number of fused-ring (bicyclic) bond motifs is 2. The number of carbonyl (C=O) groups is 2. The summed E-state index contributed by atoms with van der Waals surface area (Å²) in [6.07, 6.45) is 0. The number of amides is 1. The van der Waals surface area contributed by atoms with Crippen LogP contribution in [0.25, 0.3) is 16.8 Å². The number of nitrogens with one attached hydrogen (secondary N) is 1. The van der Waals surface area contributed by atoms with Gasteiger partial charge >= 0.3 is 5.91 Å². The third kappa shape index (κ3) is 3.69. The van der Waals surface area contributed by atoms with Gasteiger partial charge in [-0.25, -0.2) is 4.98 Å². The number of carbonyl (C=O) groups excluding carboxylic acids is 2. The normalized spacial score (nSPS) is 17.9. The van der Waals surface area contributed by atoms with Gasteiger partial charge in [0, 0.05) is 31.4 Å². The van der Waals surface area contributed by atoms with Gasteiger partial charge in [0.15, 0.2) is 11.5 Å². The Bertz CT molecular complexity index is 1620. The van der Waals surface area contributed by atoms with Gasteiger partial charge in [-0.1, -0.05) is 12.1 Å². The van der Waals surface area contributed by atoms with Crippen LogP contribution in [-0.2, 0) is 9.59 Å². The Kier molecular flexibility index (Phi) is 5.45. The third-order valence-corrected chi connectivity index (χ3v) is 6.72. The molecule has 10 heteroatoms. The summed E-state index contributed by atoms with van der Waals surface area (Å²) in [7, 11) is 5.40. The van der Waals surface area contributed by atoms with Crippen molar-refractivity contribution in [3.63, 3.8) is 0 Å². The molecular formula is C28H24N4O6. The van der Waals surface area contributed by atoms with Gasteiger partial charge < -0.3 is 29.2 Å². The summed E-state index contributed by atoms with van der Waals surface area (Å²) < 4.78 is 16.1. The molecule has 0 aliphatic carbocycles. The Labute approximate surface area is 217 Å². The van der Waals surface area contributed by atoms with Crippen LogP contribution in [0.15, 0.2) is 66.2 Å². The molecule has 1 saturated heterocycles. The molecule has 0 spiro atoms. The fourth-order valence-electron chi connectivity index (χ4n) is 4.74. The number of aromatic nitrogens is 2. The lowest BCUT2D eigenvalue weighted by molar-refractivity contribution is -0.132. The fourth-order valence-corrected chi connectivity index (χ4v) is 4.74. The molecular weight excluding hydrogens is 488 g/mol. The lowest BCUT2D eigenvalue weighted by Gasteiger charge is -2.23. The number of H-pyrrole nitrogens is 1. The molecule has 1 unspecified atom stereocenters. The van der Waals surface area contributed by atoms with Gasteiger partial charge in [0.05, 0.1) is 29.8 Å². The number of nitrogens with zero attached hydrogens (tertiary/aromatic N) is 3. The van der Waals surface area contributed by atoms with E-state index in [-0.39, 0.29) is 24.1 Å². The number of benzene rings is 3. The van der Waals surface area contributed by atoms with Crippen molar-refractivity contribution >= 4 is 40.1 Å². The maximum Gasteiger partial charge on any atom is 0.302 e. The first-order valence-electron chi connectivity index (χ1n) is 11.9. The number of hydrogen-bond donors (Lipinski definition) is 2. The Morgan fingerprint density at radius 3 is 2.55 bits per heavy atom. The number of ether oxygens (including phenoxy) is 3. The highest BCUT2D eigenvalue weighted by Crippen LogP contribution is 2.43. The van der Waals surface area contributed by atoms with E-state index >= 15 is 0 Å². The lowest BCUT2D eigenvalue weighted by atomic mass is 9.95. The molecule has 0 radical (unpaired) electrons. The monoisotopic (exact) mass is 512 g/mol. The van der Waals surface area contributed by atoms with Crippen LogP contribution in [-0.4, -0.2) is 54.8 Å². The largest absolute Gasteiger partial charge is 0.507 e. The highest BCUT2D eigenvalue weighted by atomic mass is 16.7. The molecule has 10 nitrogen and oxygen atoms in total. The molecule has 38 heavy (non-hydrogen) atoms. The number of Topliss-reactive ketones (excluding diaryl/α,β-unsaturated/α-hetero) is 1. The quantitative estimate of drug-likeness (QED) is 0.234.